The smallest absolute Gasteiger partial charge is 0.326 e. The van der Waals surface area contributed by atoms with E-state index in [0.29, 0.717) is 32.4 Å². The van der Waals surface area contributed by atoms with E-state index in [4.69, 9.17) is 22.9 Å². The van der Waals surface area contributed by atoms with Crippen molar-refractivity contribution in [3.05, 3.63) is 36.0 Å². The molecule has 1 aromatic heterocycles. The number of rotatable bonds is 18. The highest BCUT2D eigenvalue weighted by molar-refractivity contribution is 5.95. The lowest BCUT2D eigenvalue weighted by molar-refractivity contribution is -0.143. The van der Waals surface area contributed by atoms with E-state index in [1.165, 1.54) is 0 Å². The van der Waals surface area contributed by atoms with Crippen molar-refractivity contribution < 1.29 is 24.3 Å². The van der Waals surface area contributed by atoms with Gasteiger partial charge in [-0.15, -0.1) is 0 Å². The fourth-order valence-electron chi connectivity index (χ4n) is 4.46. The molecule has 14 nitrogen and oxygen atoms in total. The largest absolute Gasteiger partial charge is 0.480 e. The topological polar surface area (TPSA) is 257 Å². The van der Waals surface area contributed by atoms with Gasteiger partial charge in [0.1, 0.15) is 18.1 Å². The third-order valence-electron chi connectivity index (χ3n) is 6.85. The molecule has 1 aromatic carbocycles. The minimum Gasteiger partial charge on any atom is -0.480 e. The van der Waals surface area contributed by atoms with Crippen molar-refractivity contribution in [3.63, 3.8) is 0 Å². The normalized spacial score (nSPS) is 14.0. The highest BCUT2D eigenvalue weighted by Gasteiger charge is 2.31. The first kappa shape index (κ1) is 34.0. The summed E-state index contributed by atoms with van der Waals surface area (Å²) >= 11 is 0. The fraction of sp³-hybridized carbons (Fsp3) is 0.536. The third kappa shape index (κ3) is 10.7. The number of aliphatic carboxylic acids is 1. The van der Waals surface area contributed by atoms with E-state index < -0.39 is 53.8 Å². The van der Waals surface area contributed by atoms with E-state index in [1.54, 1.807) is 20.0 Å². The van der Waals surface area contributed by atoms with Crippen LogP contribution < -0.4 is 38.9 Å². The van der Waals surface area contributed by atoms with Crippen LogP contribution in [0.4, 0.5) is 0 Å². The lowest BCUT2D eigenvalue weighted by Gasteiger charge is -2.26. The van der Waals surface area contributed by atoms with E-state index in [-0.39, 0.29) is 25.2 Å². The van der Waals surface area contributed by atoms with Crippen LogP contribution in [0.15, 0.2) is 35.5 Å². The average molecular weight is 588 g/mol. The second-order valence-corrected chi connectivity index (χ2v) is 10.6. The number of carbonyl (C=O) groups excluding carboxylic acids is 3. The van der Waals surface area contributed by atoms with Crippen LogP contribution in [-0.4, -0.2) is 77.0 Å². The van der Waals surface area contributed by atoms with Gasteiger partial charge >= 0.3 is 5.97 Å². The van der Waals surface area contributed by atoms with Gasteiger partial charge in [-0.1, -0.05) is 32.0 Å². The number of para-hydroxylation sites is 1. The molecule has 0 aliphatic carbocycles. The summed E-state index contributed by atoms with van der Waals surface area (Å²) in [4.78, 5) is 58.6. The summed E-state index contributed by atoms with van der Waals surface area (Å²) in [6.07, 6.45) is 4.01. The average Bonchev–Trinajstić information content (AvgIpc) is 3.35. The molecular weight excluding hydrogens is 542 g/mol. The van der Waals surface area contributed by atoms with Crippen LogP contribution in [0.2, 0.25) is 0 Å². The molecule has 2 rings (SSSR count). The predicted molar refractivity (Wildman–Crippen MR) is 161 cm³/mol. The standard InChI is InChI=1S/C28H45N9O5/c1-16(2)23(27(41)42)37-26(40)22(14-17-15-34-20-10-4-3-8-18(17)20)36-25(39)21(11-5-6-12-29)35-24(38)19(30)9-7-13-33-28(31)32/h3-4,8,10,15-16,19,21-23,34H,5-7,9,11-14,29-30H2,1-2H3,(H,35,38)(H,36,39)(H,37,40)(H,41,42)(H4,31,32,33)/t19-,21-,22-,23-/m0/s1. The zero-order valence-corrected chi connectivity index (χ0v) is 24.3. The molecule has 0 aliphatic heterocycles. The molecule has 1 heterocycles. The van der Waals surface area contributed by atoms with Gasteiger partial charge in [-0.25, -0.2) is 4.79 Å². The van der Waals surface area contributed by atoms with Gasteiger partial charge in [0.15, 0.2) is 5.96 Å². The number of benzene rings is 1. The molecule has 13 N–H and O–H groups in total. The zero-order valence-electron chi connectivity index (χ0n) is 24.3. The number of hydrogen-bond donors (Lipinski definition) is 9. The lowest BCUT2D eigenvalue weighted by atomic mass is 10.0. The Bertz CT molecular complexity index is 1230. The van der Waals surface area contributed by atoms with Crippen molar-refractivity contribution in [2.45, 2.75) is 76.5 Å². The predicted octanol–water partition coefficient (Wildman–Crippen LogP) is -0.585. The molecule has 0 saturated heterocycles. The summed E-state index contributed by atoms with van der Waals surface area (Å²) in [5.41, 5.74) is 23.9. The van der Waals surface area contributed by atoms with Crippen LogP contribution in [0.25, 0.3) is 10.9 Å². The van der Waals surface area contributed by atoms with Crippen molar-refractivity contribution in [2.24, 2.45) is 33.8 Å². The van der Waals surface area contributed by atoms with Crippen molar-refractivity contribution in [2.75, 3.05) is 13.1 Å². The minimum atomic E-state index is -1.18. The summed E-state index contributed by atoms with van der Waals surface area (Å²) in [5.74, 6) is -3.42. The third-order valence-corrected chi connectivity index (χ3v) is 6.85. The maximum atomic E-state index is 13.5. The highest BCUT2D eigenvalue weighted by Crippen LogP contribution is 2.19. The van der Waals surface area contributed by atoms with Crippen molar-refractivity contribution in [1.82, 2.24) is 20.9 Å². The summed E-state index contributed by atoms with van der Waals surface area (Å²) in [6.45, 7) is 4.07. The fourth-order valence-corrected chi connectivity index (χ4v) is 4.46. The summed E-state index contributed by atoms with van der Waals surface area (Å²) < 4.78 is 0. The maximum Gasteiger partial charge on any atom is 0.326 e. The number of hydrogen-bond acceptors (Lipinski definition) is 7. The first-order valence-electron chi connectivity index (χ1n) is 14.1. The molecule has 232 valence electrons. The Kier molecular flexibility index (Phi) is 13.7. The van der Waals surface area contributed by atoms with Gasteiger partial charge in [-0.3, -0.25) is 19.4 Å². The van der Waals surface area contributed by atoms with Gasteiger partial charge in [0.2, 0.25) is 17.7 Å². The molecule has 0 radical (unpaired) electrons. The number of H-pyrrole nitrogens is 1. The Hall–Kier alpha value is -4.17. The Morgan fingerprint density at radius 2 is 1.60 bits per heavy atom. The van der Waals surface area contributed by atoms with Crippen LogP contribution in [0.3, 0.4) is 0 Å². The molecule has 0 unspecified atom stereocenters. The monoisotopic (exact) mass is 587 g/mol. The van der Waals surface area contributed by atoms with Crippen molar-refractivity contribution >= 4 is 40.6 Å². The van der Waals surface area contributed by atoms with Gasteiger partial charge in [0, 0.05) is 30.1 Å². The number of aromatic amines is 1. The number of fused-ring (bicyclic) bond motifs is 1. The second-order valence-electron chi connectivity index (χ2n) is 10.6. The van der Waals surface area contributed by atoms with Crippen molar-refractivity contribution in [3.8, 4) is 0 Å². The van der Waals surface area contributed by atoms with Crippen LogP contribution in [0, 0.1) is 5.92 Å². The summed E-state index contributed by atoms with van der Waals surface area (Å²) in [6, 6.07) is 3.32. The Morgan fingerprint density at radius 3 is 2.24 bits per heavy atom. The number of amides is 3. The molecule has 0 spiro atoms. The molecule has 0 saturated carbocycles. The molecular formula is C28H45N9O5. The van der Waals surface area contributed by atoms with Gasteiger partial charge in [-0.2, -0.15) is 0 Å². The Morgan fingerprint density at radius 1 is 0.929 bits per heavy atom. The van der Waals surface area contributed by atoms with E-state index in [1.807, 2.05) is 24.3 Å². The molecule has 14 heteroatoms. The number of nitrogens with one attached hydrogen (secondary N) is 4. The molecule has 4 atom stereocenters. The van der Waals surface area contributed by atoms with Crippen LogP contribution in [0.5, 0.6) is 0 Å². The zero-order chi connectivity index (χ0) is 31.2. The Balaban J connectivity index is 2.25. The van der Waals surface area contributed by atoms with E-state index in [0.717, 1.165) is 16.5 Å². The summed E-state index contributed by atoms with van der Waals surface area (Å²) in [5, 5.41) is 18.5. The first-order chi connectivity index (χ1) is 19.9. The van der Waals surface area contributed by atoms with E-state index >= 15 is 0 Å². The van der Waals surface area contributed by atoms with E-state index in [9.17, 15) is 24.3 Å². The lowest BCUT2D eigenvalue weighted by Crippen LogP contribution is -2.58. The number of unbranched alkanes of at least 4 members (excludes halogenated alkanes) is 1. The quantitative estimate of drug-likeness (QED) is 0.0613. The minimum absolute atomic E-state index is 0.0565. The molecule has 0 aliphatic rings. The van der Waals surface area contributed by atoms with Gasteiger partial charge in [0.05, 0.1) is 6.04 Å². The molecule has 42 heavy (non-hydrogen) atoms. The number of aliphatic imine (C=N–C) groups is 1. The SMILES string of the molecule is CC(C)[C@H](NC(=O)[C@H](Cc1c[nH]c2ccccc12)NC(=O)[C@H](CCCCN)NC(=O)[C@@H](N)CCCN=C(N)N)C(=O)O. The number of aromatic nitrogens is 1. The number of carboxylic acids is 1. The number of carboxylic acid groups (broad SMARTS) is 1. The number of carbonyl (C=O) groups is 4. The van der Waals surface area contributed by atoms with E-state index in [2.05, 4.69) is 25.9 Å². The number of guanidine groups is 1. The Labute approximate surface area is 245 Å². The number of nitrogens with two attached hydrogens (primary N) is 4. The maximum absolute atomic E-state index is 13.5. The van der Waals surface area contributed by atoms with Gasteiger partial charge < -0.3 is 49.0 Å². The number of nitrogens with zero attached hydrogens (tertiary/aromatic N) is 1. The first-order valence-corrected chi connectivity index (χ1v) is 14.1. The van der Waals surface area contributed by atoms with Crippen molar-refractivity contribution in [1.29, 1.82) is 0 Å². The van der Waals surface area contributed by atoms with Gasteiger partial charge in [-0.05, 0) is 56.2 Å². The molecule has 2 aromatic rings. The highest BCUT2D eigenvalue weighted by atomic mass is 16.4. The van der Waals surface area contributed by atoms with Crippen LogP contribution >= 0.6 is 0 Å². The second kappa shape index (κ2) is 16.9. The summed E-state index contributed by atoms with van der Waals surface area (Å²) in [7, 11) is 0. The van der Waals surface area contributed by atoms with Crippen LogP contribution in [-0.2, 0) is 25.6 Å². The molecule has 0 bridgehead atoms. The molecule has 3 amide bonds. The van der Waals surface area contributed by atoms with Crippen LogP contribution in [0.1, 0.15) is 51.5 Å². The molecule has 0 fully saturated rings. The van der Waals surface area contributed by atoms with Gasteiger partial charge in [0.25, 0.3) is 0 Å².